The minimum atomic E-state index is -1.06. The van der Waals surface area contributed by atoms with Crippen LogP contribution in [-0.4, -0.2) is 77.3 Å². The van der Waals surface area contributed by atoms with Crippen LogP contribution < -0.4 is 16.0 Å². The van der Waals surface area contributed by atoms with Gasteiger partial charge in [-0.15, -0.1) is 0 Å². The summed E-state index contributed by atoms with van der Waals surface area (Å²) in [5, 5.41) is 10.2. The quantitative estimate of drug-likeness (QED) is 0.313. The number of hydrogen-bond acceptors (Lipinski definition) is 6. The Balaban J connectivity index is 1.28. The van der Waals surface area contributed by atoms with Gasteiger partial charge in [0.2, 0.25) is 17.7 Å². The lowest BCUT2D eigenvalue weighted by Gasteiger charge is -2.39. The molecule has 3 heterocycles. The van der Waals surface area contributed by atoms with Crippen molar-refractivity contribution >= 4 is 52.1 Å². The Kier molecular flexibility index (Phi) is 9.82. The first-order chi connectivity index (χ1) is 21.1. The van der Waals surface area contributed by atoms with Gasteiger partial charge in [0.15, 0.2) is 0 Å². The van der Waals surface area contributed by atoms with E-state index in [1.165, 1.54) is 14.0 Å². The number of hydrogen-bond donors (Lipinski definition) is 4. The van der Waals surface area contributed by atoms with Crippen LogP contribution in [-0.2, 0) is 23.9 Å². The first-order valence-corrected chi connectivity index (χ1v) is 16.0. The number of methoxy groups -OCH3 is 1. The number of aromatic amines is 1. The number of halogens is 1. The molecule has 3 atom stereocenters. The summed E-state index contributed by atoms with van der Waals surface area (Å²) in [7, 11) is 1.25. The maximum Gasteiger partial charge on any atom is 0.328 e. The molecule has 1 aromatic carbocycles. The molecule has 3 aliphatic rings. The van der Waals surface area contributed by atoms with Crippen molar-refractivity contribution in [1.29, 1.82) is 0 Å². The molecule has 12 heteroatoms. The first-order valence-electron chi connectivity index (χ1n) is 15.6. The van der Waals surface area contributed by atoms with Gasteiger partial charge in [-0.05, 0) is 62.3 Å². The van der Waals surface area contributed by atoms with E-state index in [-0.39, 0.29) is 24.2 Å². The number of H-pyrrole nitrogens is 1. The van der Waals surface area contributed by atoms with Gasteiger partial charge in [0, 0.05) is 47.4 Å². The lowest BCUT2D eigenvalue weighted by molar-refractivity contribution is -0.146. The molecule has 5 rings (SSSR count). The molecule has 0 bridgehead atoms. The van der Waals surface area contributed by atoms with Gasteiger partial charge >= 0.3 is 5.97 Å². The van der Waals surface area contributed by atoms with Gasteiger partial charge in [0.1, 0.15) is 17.8 Å². The van der Waals surface area contributed by atoms with E-state index in [0.717, 1.165) is 43.0 Å². The van der Waals surface area contributed by atoms with Crippen molar-refractivity contribution < 1.29 is 28.7 Å². The number of fused-ring (bicyclic) bond motifs is 1. The van der Waals surface area contributed by atoms with Crippen molar-refractivity contribution in [1.82, 2.24) is 25.8 Å². The molecule has 0 radical (unpaired) electrons. The predicted molar refractivity (Wildman–Crippen MR) is 165 cm³/mol. The largest absolute Gasteiger partial charge is 0.467 e. The number of ether oxygens (including phenoxy) is 1. The highest BCUT2D eigenvalue weighted by molar-refractivity contribution is 6.31. The fourth-order valence-corrected chi connectivity index (χ4v) is 7.29. The second kappa shape index (κ2) is 13.6. The molecule has 3 fully saturated rings. The minimum absolute atomic E-state index is 0.0120. The maximum atomic E-state index is 13.8. The number of amides is 4. The van der Waals surface area contributed by atoms with E-state index in [2.05, 4.69) is 20.9 Å². The van der Waals surface area contributed by atoms with Gasteiger partial charge in [0.05, 0.1) is 7.11 Å². The fourth-order valence-electron chi connectivity index (χ4n) is 7.11. The van der Waals surface area contributed by atoms with Crippen LogP contribution in [0.2, 0.25) is 5.02 Å². The monoisotopic (exact) mass is 627 g/mol. The Bertz CT molecular complexity index is 1410. The zero-order valence-corrected chi connectivity index (χ0v) is 26.1. The van der Waals surface area contributed by atoms with Gasteiger partial charge < -0.3 is 30.6 Å². The van der Waals surface area contributed by atoms with E-state index in [9.17, 15) is 24.0 Å². The molecule has 1 aromatic heterocycles. The zero-order chi connectivity index (χ0) is 31.4. The minimum Gasteiger partial charge on any atom is -0.467 e. The molecule has 4 N–H and O–H groups in total. The highest BCUT2D eigenvalue weighted by Crippen LogP contribution is 2.36. The second-order valence-electron chi connectivity index (χ2n) is 12.7. The third-order valence-corrected chi connectivity index (χ3v) is 9.86. The zero-order valence-electron chi connectivity index (χ0n) is 25.4. The van der Waals surface area contributed by atoms with Crippen molar-refractivity contribution in [3.05, 3.63) is 35.0 Å². The van der Waals surface area contributed by atoms with Crippen LogP contribution in [0, 0.1) is 11.8 Å². The van der Waals surface area contributed by atoms with Crippen LogP contribution in [0.3, 0.4) is 0 Å². The highest BCUT2D eigenvalue weighted by Gasteiger charge is 2.47. The summed E-state index contributed by atoms with van der Waals surface area (Å²) in [6.45, 7) is 2.66. The van der Waals surface area contributed by atoms with Crippen molar-refractivity contribution in [3.63, 3.8) is 0 Å². The average molecular weight is 628 g/mol. The molecule has 2 aliphatic heterocycles. The van der Waals surface area contributed by atoms with Crippen LogP contribution >= 0.6 is 11.6 Å². The normalized spacial score (nSPS) is 21.5. The molecular weight excluding hydrogens is 586 g/mol. The van der Waals surface area contributed by atoms with Crippen molar-refractivity contribution in [2.24, 2.45) is 11.8 Å². The third kappa shape index (κ3) is 7.36. The summed E-state index contributed by atoms with van der Waals surface area (Å²) < 4.78 is 5.03. The summed E-state index contributed by atoms with van der Waals surface area (Å²) >= 11 is 6.11. The molecule has 238 valence electrons. The highest BCUT2D eigenvalue weighted by atomic mass is 35.5. The van der Waals surface area contributed by atoms with Gasteiger partial charge in [-0.3, -0.25) is 19.2 Å². The van der Waals surface area contributed by atoms with Crippen LogP contribution in [0.4, 0.5) is 0 Å². The number of benzene rings is 1. The number of nitrogens with zero attached hydrogens (tertiary/aromatic N) is 1. The fraction of sp³-hybridized carbons (Fsp3) is 0.594. The van der Waals surface area contributed by atoms with E-state index in [4.69, 9.17) is 16.3 Å². The molecular formula is C32H42ClN5O6. The molecule has 11 nitrogen and oxygen atoms in total. The number of aromatic nitrogens is 1. The topological polar surface area (TPSA) is 150 Å². The number of rotatable bonds is 9. The molecule has 1 aliphatic carbocycles. The SMILES string of the molecule is COC(=O)C(CC1CC2(CCN(C(C)=O)CC2)NC1=O)NC(=O)C(CC1CCCCC1)NC(=O)c1cc2cc(Cl)ccc2[nH]1. The van der Waals surface area contributed by atoms with Crippen molar-refractivity contribution in [2.75, 3.05) is 20.2 Å². The summed E-state index contributed by atoms with van der Waals surface area (Å²) in [6, 6.07) is 5.03. The third-order valence-electron chi connectivity index (χ3n) is 9.63. The lowest BCUT2D eigenvalue weighted by atomic mass is 9.82. The molecule has 4 amide bonds. The molecule has 3 unspecified atom stereocenters. The molecule has 1 spiro atoms. The summed E-state index contributed by atoms with van der Waals surface area (Å²) in [5.74, 6) is -1.97. The van der Waals surface area contributed by atoms with Crippen LogP contribution in [0.5, 0.6) is 0 Å². The summed E-state index contributed by atoms with van der Waals surface area (Å²) in [6.07, 6.45) is 7.54. The number of carbonyl (C=O) groups is 5. The van der Waals surface area contributed by atoms with Crippen LogP contribution in [0.15, 0.2) is 24.3 Å². The van der Waals surface area contributed by atoms with Crippen LogP contribution in [0.1, 0.15) is 81.6 Å². The number of nitrogens with one attached hydrogen (secondary N) is 4. The van der Waals surface area contributed by atoms with Gasteiger partial charge in [0.25, 0.3) is 5.91 Å². The standard InChI is InChI=1S/C32H42ClN5O6/c1-19(39)38-12-10-32(11-13-38)18-22(28(40)37-32)17-27(31(43)44-2)36-29(41)25(14-20-6-4-3-5-7-20)35-30(42)26-16-21-15-23(33)8-9-24(21)34-26/h8-9,15-16,20,22,25,27,34H,3-7,10-14,17-18H2,1-2H3,(H,35,42)(H,36,41)(H,37,40). The first kappa shape index (κ1) is 31.8. The Labute approximate surface area is 262 Å². The average Bonchev–Trinajstić information content (AvgIpc) is 3.56. The van der Waals surface area contributed by atoms with E-state index in [1.54, 1.807) is 29.2 Å². The second-order valence-corrected chi connectivity index (χ2v) is 13.1. The van der Waals surface area contributed by atoms with Gasteiger partial charge in [-0.1, -0.05) is 43.7 Å². The Morgan fingerprint density at radius 1 is 1.05 bits per heavy atom. The van der Waals surface area contributed by atoms with E-state index in [1.807, 2.05) is 0 Å². The van der Waals surface area contributed by atoms with E-state index >= 15 is 0 Å². The number of likely N-dealkylation sites (tertiary alicyclic amines) is 1. The summed E-state index contributed by atoms with van der Waals surface area (Å²) in [5.41, 5.74) is 0.620. The smallest absolute Gasteiger partial charge is 0.328 e. The van der Waals surface area contributed by atoms with Crippen LogP contribution in [0.25, 0.3) is 10.9 Å². The molecule has 44 heavy (non-hydrogen) atoms. The number of esters is 1. The van der Waals surface area contributed by atoms with E-state index in [0.29, 0.717) is 49.5 Å². The molecule has 1 saturated carbocycles. The Hall–Kier alpha value is -3.60. The van der Waals surface area contributed by atoms with Gasteiger partial charge in [-0.2, -0.15) is 0 Å². The Morgan fingerprint density at radius 2 is 1.77 bits per heavy atom. The molecule has 2 aromatic rings. The Morgan fingerprint density at radius 3 is 2.45 bits per heavy atom. The lowest BCUT2D eigenvalue weighted by Crippen LogP contribution is -2.53. The summed E-state index contributed by atoms with van der Waals surface area (Å²) in [4.78, 5) is 69.7. The van der Waals surface area contributed by atoms with Crippen molar-refractivity contribution in [3.8, 4) is 0 Å². The van der Waals surface area contributed by atoms with Gasteiger partial charge in [-0.25, -0.2) is 4.79 Å². The maximum absolute atomic E-state index is 13.8. The molecule has 2 saturated heterocycles. The number of piperidine rings is 1. The predicted octanol–water partition coefficient (Wildman–Crippen LogP) is 3.46. The van der Waals surface area contributed by atoms with Crippen molar-refractivity contribution in [2.45, 2.75) is 88.8 Å². The van der Waals surface area contributed by atoms with E-state index < -0.39 is 41.3 Å². The number of carbonyl (C=O) groups excluding carboxylic acids is 5.